The van der Waals surface area contributed by atoms with E-state index in [9.17, 15) is 13.2 Å². The van der Waals surface area contributed by atoms with Crippen molar-refractivity contribution in [2.45, 2.75) is 44.9 Å². The van der Waals surface area contributed by atoms with E-state index in [-0.39, 0.29) is 12.0 Å². The number of rotatable bonds is 6. The normalized spacial score (nSPS) is 14.8. The molecular weight excluding hydrogens is 306 g/mol. The van der Waals surface area contributed by atoms with Gasteiger partial charge < -0.3 is 5.32 Å². The Kier molecular flexibility index (Phi) is 6.14. The van der Waals surface area contributed by atoms with Gasteiger partial charge in [-0.2, -0.15) is 0 Å². The van der Waals surface area contributed by atoms with E-state index in [1.165, 1.54) is 13.8 Å². The number of carbonyl (C=O) groups is 1. The first-order chi connectivity index (χ1) is 7.54. The van der Waals surface area contributed by atoms with Crippen LogP contribution in [0.5, 0.6) is 0 Å². The van der Waals surface area contributed by atoms with Gasteiger partial charge >= 0.3 is 0 Å². The summed E-state index contributed by atoms with van der Waals surface area (Å²) in [6.45, 7) is 6.87. The van der Waals surface area contributed by atoms with E-state index in [1.54, 1.807) is 0 Å². The molecule has 0 bridgehead atoms. The van der Waals surface area contributed by atoms with E-state index in [1.807, 2.05) is 13.8 Å². The fraction of sp³-hybridized carbons (Fsp3) is 0.909. The zero-order valence-electron chi connectivity index (χ0n) is 11.1. The second kappa shape index (κ2) is 6.18. The van der Waals surface area contributed by atoms with Crippen LogP contribution in [0.4, 0.5) is 0 Å². The number of nitrogens with one attached hydrogen (secondary N) is 1. The molecule has 0 aliphatic rings. The van der Waals surface area contributed by atoms with Gasteiger partial charge in [0.05, 0.1) is 0 Å². The van der Waals surface area contributed by atoms with Crippen molar-refractivity contribution in [3.8, 4) is 0 Å². The Hall–Kier alpha value is -0.100. The van der Waals surface area contributed by atoms with Crippen molar-refractivity contribution < 1.29 is 13.2 Å². The minimum Gasteiger partial charge on any atom is -0.352 e. The highest BCUT2D eigenvalue weighted by Crippen LogP contribution is 2.17. The molecule has 0 saturated heterocycles. The number of halogens is 1. The molecule has 1 unspecified atom stereocenters. The molecule has 0 heterocycles. The Morgan fingerprint density at radius 1 is 1.35 bits per heavy atom. The van der Waals surface area contributed by atoms with Gasteiger partial charge in [-0.15, -0.1) is 0 Å². The molecule has 17 heavy (non-hydrogen) atoms. The van der Waals surface area contributed by atoms with Gasteiger partial charge in [0.15, 0.2) is 9.84 Å². The maximum atomic E-state index is 12.0. The monoisotopic (exact) mass is 327 g/mol. The summed E-state index contributed by atoms with van der Waals surface area (Å²) in [5.41, 5.74) is 0. The van der Waals surface area contributed by atoms with Crippen LogP contribution in [0, 0.1) is 5.92 Å². The Labute approximate surface area is 113 Å². The lowest BCUT2D eigenvalue weighted by atomic mass is 10.0. The van der Waals surface area contributed by atoms with E-state index < -0.39 is 20.5 Å². The molecule has 0 aliphatic carbocycles. The van der Waals surface area contributed by atoms with Crippen molar-refractivity contribution >= 4 is 31.7 Å². The van der Waals surface area contributed by atoms with Gasteiger partial charge in [0.2, 0.25) is 5.91 Å². The largest absolute Gasteiger partial charge is 0.352 e. The first kappa shape index (κ1) is 16.9. The molecule has 4 nitrogen and oxygen atoms in total. The molecular formula is C11H22BrNO3S. The lowest BCUT2D eigenvalue weighted by molar-refractivity contribution is -0.123. The van der Waals surface area contributed by atoms with Crippen molar-refractivity contribution in [2.24, 2.45) is 5.92 Å². The summed E-state index contributed by atoms with van der Waals surface area (Å²) in [5.74, 6) is -0.161. The summed E-state index contributed by atoms with van der Waals surface area (Å²) in [6, 6.07) is -0.0112. The Bertz CT molecular complexity index is 363. The quantitative estimate of drug-likeness (QED) is 0.756. The number of hydrogen-bond acceptors (Lipinski definition) is 3. The number of sulfone groups is 1. The first-order valence-corrected chi connectivity index (χ1v) is 8.61. The van der Waals surface area contributed by atoms with Crippen molar-refractivity contribution in [2.75, 3.05) is 11.6 Å². The lowest BCUT2D eigenvalue weighted by Gasteiger charge is -2.27. The van der Waals surface area contributed by atoms with Gasteiger partial charge in [-0.25, -0.2) is 8.42 Å². The fourth-order valence-corrected chi connectivity index (χ4v) is 2.09. The van der Waals surface area contributed by atoms with Crippen molar-refractivity contribution in [3.63, 3.8) is 0 Å². The van der Waals surface area contributed by atoms with Crippen molar-refractivity contribution in [1.29, 1.82) is 0 Å². The van der Waals surface area contributed by atoms with Gasteiger partial charge in [0.1, 0.15) is 4.75 Å². The third-order valence-corrected chi connectivity index (χ3v) is 5.51. The van der Waals surface area contributed by atoms with Crippen LogP contribution in [-0.4, -0.2) is 36.7 Å². The van der Waals surface area contributed by atoms with Crippen LogP contribution in [0.3, 0.4) is 0 Å². The third kappa shape index (κ3) is 4.58. The number of alkyl halides is 1. The number of carbonyl (C=O) groups excluding carboxylic acids is 1. The predicted octanol–water partition coefficient (Wildman–Crippen LogP) is 1.74. The molecule has 0 saturated carbocycles. The zero-order chi connectivity index (χ0) is 13.9. The second-order valence-electron chi connectivity index (χ2n) is 5.08. The van der Waals surface area contributed by atoms with Crippen LogP contribution in [0.1, 0.15) is 34.1 Å². The van der Waals surface area contributed by atoms with E-state index in [4.69, 9.17) is 0 Å². The van der Waals surface area contributed by atoms with Crippen LogP contribution in [0.25, 0.3) is 0 Å². The highest BCUT2D eigenvalue weighted by atomic mass is 79.9. The lowest BCUT2D eigenvalue weighted by Crippen LogP contribution is -2.52. The summed E-state index contributed by atoms with van der Waals surface area (Å²) in [4.78, 5) is 12.0. The molecule has 0 aromatic carbocycles. The Morgan fingerprint density at radius 2 is 1.82 bits per heavy atom. The topological polar surface area (TPSA) is 63.2 Å². The van der Waals surface area contributed by atoms with Crippen LogP contribution < -0.4 is 5.32 Å². The number of amides is 1. The second-order valence-corrected chi connectivity index (χ2v) is 8.44. The third-order valence-electron chi connectivity index (χ3n) is 3.02. The van der Waals surface area contributed by atoms with E-state index >= 15 is 0 Å². The van der Waals surface area contributed by atoms with E-state index in [0.29, 0.717) is 0 Å². The van der Waals surface area contributed by atoms with Crippen LogP contribution in [0.2, 0.25) is 0 Å². The molecule has 0 fully saturated rings. The molecule has 0 aliphatic heterocycles. The van der Waals surface area contributed by atoms with Crippen molar-refractivity contribution in [3.05, 3.63) is 0 Å². The van der Waals surface area contributed by atoms with Gasteiger partial charge in [0.25, 0.3) is 0 Å². The van der Waals surface area contributed by atoms with E-state index in [0.717, 1.165) is 18.0 Å². The Morgan fingerprint density at radius 3 is 2.12 bits per heavy atom. The summed E-state index contributed by atoms with van der Waals surface area (Å²) < 4.78 is 21.7. The smallest absolute Gasteiger partial charge is 0.241 e. The average molecular weight is 328 g/mol. The van der Waals surface area contributed by atoms with Crippen molar-refractivity contribution in [1.82, 2.24) is 5.32 Å². The Balaban J connectivity index is 4.84. The molecule has 0 radical (unpaired) electrons. The van der Waals surface area contributed by atoms with Crippen LogP contribution in [-0.2, 0) is 14.6 Å². The molecule has 0 rings (SSSR count). The maximum absolute atomic E-state index is 12.0. The minimum absolute atomic E-state index is 0.0112. The fourth-order valence-electron chi connectivity index (χ4n) is 1.20. The predicted molar refractivity (Wildman–Crippen MR) is 74.1 cm³/mol. The molecule has 1 amide bonds. The maximum Gasteiger partial charge on any atom is 0.241 e. The van der Waals surface area contributed by atoms with Gasteiger partial charge in [-0.05, 0) is 26.2 Å². The SMILES string of the molecule is CC(C)C(CCBr)NC(=O)C(C)(C)S(C)(=O)=O. The summed E-state index contributed by atoms with van der Waals surface area (Å²) in [6.07, 6.45) is 1.87. The molecule has 1 atom stereocenters. The molecule has 6 heteroatoms. The van der Waals surface area contributed by atoms with Gasteiger partial charge in [-0.1, -0.05) is 29.8 Å². The highest BCUT2D eigenvalue weighted by molar-refractivity contribution is 9.09. The van der Waals surface area contributed by atoms with Crippen LogP contribution in [0.15, 0.2) is 0 Å². The minimum atomic E-state index is -3.41. The van der Waals surface area contributed by atoms with Gasteiger partial charge in [-0.3, -0.25) is 4.79 Å². The van der Waals surface area contributed by atoms with E-state index in [2.05, 4.69) is 21.2 Å². The summed E-state index contributed by atoms with van der Waals surface area (Å²) in [5, 5.41) is 3.59. The molecule has 0 aromatic rings. The highest BCUT2D eigenvalue weighted by Gasteiger charge is 2.39. The standard InChI is InChI=1S/C11H22BrNO3S/c1-8(2)9(6-7-12)13-10(14)11(3,4)17(5,15)16/h8-9H,6-7H2,1-5H3,(H,13,14). The molecule has 102 valence electrons. The summed E-state index contributed by atoms with van der Waals surface area (Å²) >= 11 is 3.33. The molecule has 0 aromatic heterocycles. The van der Waals surface area contributed by atoms with Crippen LogP contribution >= 0.6 is 15.9 Å². The molecule has 1 N–H and O–H groups in total. The number of hydrogen-bond donors (Lipinski definition) is 1. The van der Waals surface area contributed by atoms with Gasteiger partial charge in [0, 0.05) is 17.6 Å². The zero-order valence-corrected chi connectivity index (χ0v) is 13.5. The average Bonchev–Trinajstić information content (AvgIpc) is 2.14. The summed E-state index contributed by atoms with van der Waals surface area (Å²) in [7, 11) is -3.41. The molecule has 0 spiro atoms. The first-order valence-electron chi connectivity index (χ1n) is 5.60.